The van der Waals surface area contributed by atoms with Gasteiger partial charge in [-0.1, -0.05) is 13.8 Å². The number of carbonyl (C=O) groups excluding carboxylic acids is 1. The number of anilines is 1. The Morgan fingerprint density at radius 3 is 2.94 bits per heavy atom. The number of carbonyl (C=O) groups is 1. The van der Waals surface area contributed by atoms with E-state index in [0.29, 0.717) is 23.9 Å². The first kappa shape index (κ1) is 10.9. The van der Waals surface area contributed by atoms with E-state index in [1.165, 1.54) is 12.1 Å². The quantitative estimate of drug-likeness (QED) is 0.769. The van der Waals surface area contributed by atoms with Crippen LogP contribution in [0, 0.1) is 11.7 Å². The Morgan fingerprint density at radius 1 is 1.50 bits per heavy atom. The van der Waals surface area contributed by atoms with E-state index in [-0.39, 0.29) is 18.3 Å². The topological polar surface area (TPSA) is 29.5 Å². The summed E-state index contributed by atoms with van der Waals surface area (Å²) in [4.78, 5) is 13.3. The summed E-state index contributed by atoms with van der Waals surface area (Å²) >= 11 is 0. The molecule has 0 bridgehead atoms. The second-order valence-corrected chi connectivity index (χ2v) is 4.30. The van der Waals surface area contributed by atoms with E-state index in [1.807, 2.05) is 13.8 Å². The lowest BCUT2D eigenvalue weighted by Crippen LogP contribution is -2.40. The van der Waals surface area contributed by atoms with Crippen molar-refractivity contribution in [2.75, 3.05) is 18.1 Å². The smallest absolute Gasteiger partial charge is 0.265 e. The van der Waals surface area contributed by atoms with Crippen LogP contribution in [-0.4, -0.2) is 19.1 Å². The molecule has 1 amide bonds. The Balaban J connectivity index is 2.36. The number of nitrogens with zero attached hydrogens (tertiary/aromatic N) is 1. The Hall–Kier alpha value is -1.58. The molecule has 4 heteroatoms. The molecule has 0 fully saturated rings. The first-order valence-corrected chi connectivity index (χ1v) is 5.30. The van der Waals surface area contributed by atoms with Crippen LogP contribution in [0.1, 0.15) is 13.8 Å². The summed E-state index contributed by atoms with van der Waals surface area (Å²) < 4.78 is 18.2. The van der Waals surface area contributed by atoms with Crippen molar-refractivity contribution in [2.45, 2.75) is 13.8 Å². The Morgan fingerprint density at radius 2 is 2.25 bits per heavy atom. The fraction of sp³-hybridized carbons (Fsp3) is 0.417. The molecule has 0 aliphatic carbocycles. The lowest BCUT2D eigenvalue weighted by atomic mass is 10.1. The van der Waals surface area contributed by atoms with Gasteiger partial charge in [-0.25, -0.2) is 4.39 Å². The van der Waals surface area contributed by atoms with Gasteiger partial charge in [-0.05, 0) is 18.1 Å². The molecule has 86 valence electrons. The maximum absolute atomic E-state index is 13.0. The van der Waals surface area contributed by atoms with Crippen LogP contribution in [0.25, 0.3) is 0 Å². The minimum absolute atomic E-state index is 0.0107. The second-order valence-electron chi connectivity index (χ2n) is 4.30. The minimum atomic E-state index is -0.349. The van der Waals surface area contributed by atoms with Crippen LogP contribution >= 0.6 is 0 Å². The third-order valence-electron chi connectivity index (χ3n) is 2.41. The Kier molecular flexibility index (Phi) is 2.81. The summed E-state index contributed by atoms with van der Waals surface area (Å²) in [5.41, 5.74) is 0.659. The van der Waals surface area contributed by atoms with Crippen molar-refractivity contribution in [1.82, 2.24) is 0 Å². The molecule has 0 N–H and O–H groups in total. The van der Waals surface area contributed by atoms with E-state index in [2.05, 4.69) is 0 Å². The first-order valence-electron chi connectivity index (χ1n) is 5.30. The van der Waals surface area contributed by atoms with Crippen LogP contribution in [0.4, 0.5) is 10.1 Å². The molecule has 0 aromatic heterocycles. The number of benzene rings is 1. The molecule has 2 rings (SSSR count). The van der Waals surface area contributed by atoms with E-state index in [1.54, 1.807) is 11.0 Å². The molecule has 1 aromatic rings. The number of amides is 1. The highest BCUT2D eigenvalue weighted by Crippen LogP contribution is 2.32. The number of hydrogen-bond donors (Lipinski definition) is 0. The van der Waals surface area contributed by atoms with Crippen molar-refractivity contribution in [2.24, 2.45) is 5.92 Å². The third-order valence-corrected chi connectivity index (χ3v) is 2.41. The van der Waals surface area contributed by atoms with Crippen molar-refractivity contribution in [3.05, 3.63) is 24.0 Å². The zero-order chi connectivity index (χ0) is 11.7. The van der Waals surface area contributed by atoms with Crippen LogP contribution in [-0.2, 0) is 4.79 Å². The lowest BCUT2D eigenvalue weighted by Gasteiger charge is -2.30. The van der Waals surface area contributed by atoms with Gasteiger partial charge < -0.3 is 9.64 Å². The number of fused-ring (bicyclic) bond motifs is 1. The maximum Gasteiger partial charge on any atom is 0.265 e. The van der Waals surface area contributed by atoms with E-state index in [4.69, 9.17) is 4.74 Å². The highest BCUT2D eigenvalue weighted by Gasteiger charge is 2.26. The van der Waals surface area contributed by atoms with Gasteiger partial charge in [0, 0.05) is 12.6 Å². The molecule has 0 spiro atoms. The van der Waals surface area contributed by atoms with Crippen molar-refractivity contribution in [1.29, 1.82) is 0 Å². The molecule has 1 aliphatic heterocycles. The molecule has 0 unspecified atom stereocenters. The van der Waals surface area contributed by atoms with E-state index >= 15 is 0 Å². The molecule has 0 radical (unpaired) electrons. The van der Waals surface area contributed by atoms with Gasteiger partial charge in [-0.3, -0.25) is 4.79 Å². The monoisotopic (exact) mass is 223 g/mol. The van der Waals surface area contributed by atoms with Gasteiger partial charge in [-0.2, -0.15) is 0 Å². The fourth-order valence-corrected chi connectivity index (χ4v) is 1.74. The summed E-state index contributed by atoms with van der Waals surface area (Å²) in [6.45, 7) is 4.68. The molecular formula is C12H14FNO2. The third kappa shape index (κ3) is 2.01. The van der Waals surface area contributed by atoms with Crippen molar-refractivity contribution in [3.8, 4) is 5.75 Å². The first-order chi connectivity index (χ1) is 7.58. The molecule has 0 saturated carbocycles. The van der Waals surface area contributed by atoms with E-state index in [9.17, 15) is 9.18 Å². The summed E-state index contributed by atoms with van der Waals surface area (Å²) in [5.74, 6) is 0.380. The molecule has 0 saturated heterocycles. The largest absolute Gasteiger partial charge is 0.481 e. The number of rotatable bonds is 2. The summed E-state index contributed by atoms with van der Waals surface area (Å²) in [6.07, 6.45) is 0. The van der Waals surface area contributed by atoms with Gasteiger partial charge in [0.25, 0.3) is 5.91 Å². The molecule has 16 heavy (non-hydrogen) atoms. The van der Waals surface area contributed by atoms with Crippen LogP contribution < -0.4 is 9.64 Å². The Labute approximate surface area is 93.8 Å². The Bertz CT molecular complexity index is 417. The predicted octanol–water partition coefficient (Wildman–Crippen LogP) is 2.21. The molecule has 1 aromatic carbocycles. The molecule has 0 atom stereocenters. The van der Waals surface area contributed by atoms with Crippen molar-refractivity contribution >= 4 is 11.6 Å². The van der Waals surface area contributed by atoms with Gasteiger partial charge in [0.1, 0.15) is 11.6 Å². The van der Waals surface area contributed by atoms with E-state index < -0.39 is 0 Å². The average Bonchev–Trinajstić information content (AvgIpc) is 2.22. The lowest BCUT2D eigenvalue weighted by molar-refractivity contribution is -0.121. The zero-order valence-corrected chi connectivity index (χ0v) is 9.37. The average molecular weight is 223 g/mol. The van der Waals surface area contributed by atoms with Crippen molar-refractivity contribution < 1.29 is 13.9 Å². The zero-order valence-electron chi connectivity index (χ0n) is 9.37. The number of halogens is 1. The highest BCUT2D eigenvalue weighted by atomic mass is 19.1. The van der Waals surface area contributed by atoms with Gasteiger partial charge in [-0.15, -0.1) is 0 Å². The molecule has 1 aliphatic rings. The molecular weight excluding hydrogens is 209 g/mol. The highest BCUT2D eigenvalue weighted by molar-refractivity contribution is 5.97. The summed E-state index contributed by atoms with van der Waals surface area (Å²) in [5, 5.41) is 0. The van der Waals surface area contributed by atoms with Gasteiger partial charge in [0.15, 0.2) is 6.61 Å². The summed E-state index contributed by atoms with van der Waals surface area (Å²) in [6, 6.07) is 4.24. The molecule has 3 nitrogen and oxygen atoms in total. The van der Waals surface area contributed by atoms with Crippen LogP contribution in [0.3, 0.4) is 0 Å². The second kappa shape index (κ2) is 4.12. The fourth-order valence-electron chi connectivity index (χ4n) is 1.74. The van der Waals surface area contributed by atoms with Gasteiger partial charge >= 0.3 is 0 Å². The standard InChI is InChI=1S/C12H14FNO2/c1-8(2)6-14-10-4-3-9(13)5-11(10)16-7-12(14)15/h3-5,8H,6-7H2,1-2H3. The van der Waals surface area contributed by atoms with Gasteiger partial charge in [0.2, 0.25) is 0 Å². The van der Waals surface area contributed by atoms with Crippen LogP contribution in [0.5, 0.6) is 5.75 Å². The minimum Gasteiger partial charge on any atom is -0.481 e. The van der Waals surface area contributed by atoms with E-state index in [0.717, 1.165) is 0 Å². The molecule has 1 heterocycles. The SMILES string of the molecule is CC(C)CN1C(=O)COc2cc(F)ccc21. The van der Waals surface area contributed by atoms with Crippen LogP contribution in [0.15, 0.2) is 18.2 Å². The number of ether oxygens (including phenoxy) is 1. The normalized spacial score (nSPS) is 15.0. The summed E-state index contributed by atoms with van der Waals surface area (Å²) in [7, 11) is 0. The van der Waals surface area contributed by atoms with Crippen molar-refractivity contribution in [3.63, 3.8) is 0 Å². The van der Waals surface area contributed by atoms with Crippen LogP contribution in [0.2, 0.25) is 0 Å². The maximum atomic E-state index is 13.0. The predicted molar refractivity (Wildman–Crippen MR) is 59.1 cm³/mol. The van der Waals surface area contributed by atoms with Gasteiger partial charge in [0.05, 0.1) is 5.69 Å². The number of hydrogen-bond acceptors (Lipinski definition) is 2.